The summed E-state index contributed by atoms with van der Waals surface area (Å²) in [7, 11) is 3.33. The lowest BCUT2D eigenvalue weighted by atomic mass is 10.1. The van der Waals surface area contributed by atoms with Crippen LogP contribution in [0.5, 0.6) is 11.5 Å². The van der Waals surface area contributed by atoms with Gasteiger partial charge in [0, 0.05) is 0 Å². The predicted molar refractivity (Wildman–Crippen MR) is 82.1 cm³/mol. The van der Waals surface area contributed by atoms with Gasteiger partial charge in [0.25, 0.3) is 0 Å². The number of phenols is 1. The molecule has 0 bridgehead atoms. The molecule has 0 unspecified atom stereocenters. The lowest BCUT2D eigenvalue weighted by Gasteiger charge is -2.20. The Morgan fingerprint density at radius 1 is 1.33 bits per heavy atom. The zero-order valence-corrected chi connectivity index (χ0v) is 13.2. The van der Waals surface area contributed by atoms with E-state index in [9.17, 15) is 9.90 Å². The molecule has 0 heterocycles. The molecule has 3 N–H and O–H groups in total. The first-order valence-electron chi connectivity index (χ1n) is 6.81. The second-order valence-corrected chi connectivity index (χ2v) is 5.67. The first kappa shape index (κ1) is 17.1. The average Bonchev–Trinajstić information content (AvgIpc) is 2.37. The molecule has 0 atom stereocenters. The number of carbonyl (C=O) groups is 1. The van der Waals surface area contributed by atoms with Crippen molar-refractivity contribution < 1.29 is 19.4 Å². The van der Waals surface area contributed by atoms with Gasteiger partial charge in [-0.3, -0.25) is 5.32 Å². The van der Waals surface area contributed by atoms with Crippen LogP contribution < -0.4 is 15.4 Å². The monoisotopic (exact) mass is 296 g/mol. The normalized spacial score (nSPS) is 11.1. The van der Waals surface area contributed by atoms with E-state index in [1.807, 2.05) is 7.05 Å². The lowest BCUT2D eigenvalue weighted by Crippen LogP contribution is -2.27. The van der Waals surface area contributed by atoms with Crippen LogP contribution in [0.3, 0.4) is 0 Å². The number of anilines is 1. The van der Waals surface area contributed by atoms with Gasteiger partial charge in [0.1, 0.15) is 5.60 Å². The second kappa shape index (κ2) is 7.17. The molecule has 0 fully saturated rings. The number of phenolic OH excluding ortho intramolecular Hbond substituents is 1. The van der Waals surface area contributed by atoms with Crippen molar-refractivity contribution in [2.45, 2.75) is 32.8 Å². The van der Waals surface area contributed by atoms with Crippen molar-refractivity contribution in [2.75, 3.05) is 26.0 Å². The smallest absolute Gasteiger partial charge is 0.412 e. The van der Waals surface area contributed by atoms with Gasteiger partial charge in [-0.1, -0.05) is 0 Å². The third kappa shape index (κ3) is 5.51. The van der Waals surface area contributed by atoms with Crippen molar-refractivity contribution in [1.82, 2.24) is 5.32 Å². The molecule has 0 saturated heterocycles. The van der Waals surface area contributed by atoms with E-state index in [0.29, 0.717) is 5.75 Å². The molecule has 0 saturated carbocycles. The minimum Gasteiger partial charge on any atom is -0.503 e. The maximum atomic E-state index is 11.8. The van der Waals surface area contributed by atoms with Gasteiger partial charge in [0.2, 0.25) is 0 Å². The molecule has 0 spiro atoms. The van der Waals surface area contributed by atoms with Gasteiger partial charge in [-0.25, -0.2) is 4.79 Å². The average molecular weight is 296 g/mol. The molecule has 118 valence electrons. The largest absolute Gasteiger partial charge is 0.503 e. The van der Waals surface area contributed by atoms with Gasteiger partial charge in [0.05, 0.1) is 12.8 Å². The first-order valence-corrected chi connectivity index (χ1v) is 6.81. The Hall–Kier alpha value is -1.95. The highest BCUT2D eigenvalue weighted by Crippen LogP contribution is 2.35. The van der Waals surface area contributed by atoms with Crippen LogP contribution >= 0.6 is 0 Å². The van der Waals surface area contributed by atoms with Crippen molar-refractivity contribution in [3.63, 3.8) is 0 Å². The molecule has 1 amide bonds. The van der Waals surface area contributed by atoms with E-state index >= 15 is 0 Å². The molecule has 6 heteroatoms. The molecular weight excluding hydrogens is 272 g/mol. The summed E-state index contributed by atoms with van der Waals surface area (Å²) in [6.07, 6.45) is 0.126. The van der Waals surface area contributed by atoms with E-state index < -0.39 is 11.7 Å². The Kier molecular flexibility index (Phi) is 5.84. The van der Waals surface area contributed by atoms with Crippen LogP contribution in [-0.2, 0) is 11.2 Å². The van der Waals surface area contributed by atoms with Gasteiger partial charge in [0.15, 0.2) is 11.5 Å². The Labute approximate surface area is 125 Å². The highest BCUT2D eigenvalue weighted by molar-refractivity contribution is 5.88. The first-order chi connectivity index (χ1) is 9.76. The fourth-order valence-electron chi connectivity index (χ4n) is 1.74. The standard InChI is InChI=1S/C15H24N2O4/c1-15(2,3)21-14(19)17-11-8-10(6-7-16-4)9-12(20-5)13(11)18/h8-9,16,18H,6-7H2,1-5H3,(H,17,19). The fourth-order valence-corrected chi connectivity index (χ4v) is 1.74. The molecule has 0 aliphatic rings. The van der Waals surface area contributed by atoms with Crippen molar-refractivity contribution >= 4 is 11.8 Å². The topological polar surface area (TPSA) is 79.8 Å². The van der Waals surface area contributed by atoms with Gasteiger partial charge in [-0.2, -0.15) is 0 Å². The summed E-state index contributed by atoms with van der Waals surface area (Å²) in [5, 5.41) is 15.7. The molecule has 0 aromatic heterocycles. The van der Waals surface area contributed by atoms with E-state index in [2.05, 4.69) is 10.6 Å². The maximum Gasteiger partial charge on any atom is 0.412 e. The van der Waals surface area contributed by atoms with Crippen LogP contribution in [0.2, 0.25) is 0 Å². The van der Waals surface area contributed by atoms with E-state index in [1.54, 1.807) is 32.9 Å². The van der Waals surface area contributed by atoms with Crippen LogP contribution in [0.25, 0.3) is 0 Å². The number of carbonyl (C=O) groups excluding carboxylic acids is 1. The Morgan fingerprint density at radius 3 is 2.52 bits per heavy atom. The number of hydrogen-bond donors (Lipinski definition) is 3. The van der Waals surface area contributed by atoms with E-state index in [-0.39, 0.29) is 11.4 Å². The highest BCUT2D eigenvalue weighted by Gasteiger charge is 2.19. The lowest BCUT2D eigenvalue weighted by molar-refractivity contribution is 0.0635. The number of benzene rings is 1. The summed E-state index contributed by atoms with van der Waals surface area (Å²) in [4.78, 5) is 11.8. The molecule has 21 heavy (non-hydrogen) atoms. The zero-order valence-electron chi connectivity index (χ0n) is 13.2. The van der Waals surface area contributed by atoms with E-state index in [0.717, 1.165) is 18.5 Å². The van der Waals surface area contributed by atoms with Gasteiger partial charge >= 0.3 is 6.09 Å². The molecule has 0 radical (unpaired) electrons. The summed E-state index contributed by atoms with van der Waals surface area (Å²) in [5.74, 6) is 0.200. The summed E-state index contributed by atoms with van der Waals surface area (Å²) >= 11 is 0. The van der Waals surface area contributed by atoms with Gasteiger partial charge < -0.3 is 19.9 Å². The molecule has 0 aliphatic carbocycles. The Morgan fingerprint density at radius 2 is 2.00 bits per heavy atom. The van der Waals surface area contributed by atoms with Crippen molar-refractivity contribution in [3.8, 4) is 11.5 Å². The van der Waals surface area contributed by atoms with Crippen molar-refractivity contribution in [3.05, 3.63) is 17.7 Å². The number of aromatic hydroxyl groups is 1. The van der Waals surface area contributed by atoms with Crippen LogP contribution in [0.4, 0.5) is 10.5 Å². The summed E-state index contributed by atoms with van der Waals surface area (Å²) in [5.41, 5.74) is 0.604. The molecule has 1 rings (SSSR count). The van der Waals surface area contributed by atoms with Crippen LogP contribution in [-0.4, -0.2) is 37.5 Å². The Bertz CT molecular complexity index is 495. The fraction of sp³-hybridized carbons (Fsp3) is 0.533. The minimum absolute atomic E-state index is 0.114. The predicted octanol–water partition coefficient (Wildman–Crippen LogP) is 2.51. The highest BCUT2D eigenvalue weighted by atomic mass is 16.6. The second-order valence-electron chi connectivity index (χ2n) is 5.67. The number of hydrogen-bond acceptors (Lipinski definition) is 5. The third-order valence-corrected chi connectivity index (χ3v) is 2.65. The number of likely N-dealkylation sites (N-methyl/N-ethyl adjacent to an activating group) is 1. The van der Waals surface area contributed by atoms with Crippen molar-refractivity contribution in [1.29, 1.82) is 0 Å². The number of nitrogens with one attached hydrogen (secondary N) is 2. The molecule has 0 aliphatic heterocycles. The van der Waals surface area contributed by atoms with Gasteiger partial charge in [-0.05, 0) is 58.5 Å². The van der Waals surface area contributed by atoms with Crippen molar-refractivity contribution in [2.24, 2.45) is 0 Å². The number of amides is 1. The summed E-state index contributed by atoms with van der Waals surface area (Å²) < 4.78 is 10.3. The minimum atomic E-state index is -0.620. The SMILES string of the molecule is CNCCc1cc(NC(=O)OC(C)(C)C)c(O)c(OC)c1. The van der Waals surface area contributed by atoms with Gasteiger partial charge in [-0.15, -0.1) is 0 Å². The third-order valence-electron chi connectivity index (χ3n) is 2.65. The van der Waals surface area contributed by atoms with E-state index in [1.165, 1.54) is 7.11 Å². The Balaban J connectivity index is 2.96. The summed E-state index contributed by atoms with van der Waals surface area (Å²) in [6.45, 7) is 6.10. The van der Waals surface area contributed by atoms with E-state index in [4.69, 9.17) is 9.47 Å². The molecule has 1 aromatic carbocycles. The molecule has 6 nitrogen and oxygen atoms in total. The van der Waals surface area contributed by atoms with Crippen LogP contribution in [0, 0.1) is 0 Å². The van der Waals surface area contributed by atoms with Crippen LogP contribution in [0.15, 0.2) is 12.1 Å². The number of rotatable bonds is 5. The van der Waals surface area contributed by atoms with Crippen LogP contribution in [0.1, 0.15) is 26.3 Å². The number of ether oxygens (including phenoxy) is 2. The quantitative estimate of drug-likeness (QED) is 0.728. The zero-order chi connectivity index (χ0) is 16.0. The number of methoxy groups -OCH3 is 1. The molecular formula is C15H24N2O4. The summed E-state index contributed by atoms with van der Waals surface area (Å²) in [6, 6.07) is 3.45. The molecule has 1 aromatic rings. The maximum absolute atomic E-state index is 11.8.